The summed E-state index contributed by atoms with van der Waals surface area (Å²) >= 11 is 0. The van der Waals surface area contributed by atoms with E-state index >= 15 is 0 Å². The summed E-state index contributed by atoms with van der Waals surface area (Å²) in [7, 11) is 0. The number of rotatable bonds is 6. The van der Waals surface area contributed by atoms with Gasteiger partial charge in [0, 0.05) is 5.56 Å². The van der Waals surface area contributed by atoms with E-state index in [0.29, 0.717) is 18.1 Å². The minimum atomic E-state index is 0.279. The maximum absolute atomic E-state index is 11.7. The molecule has 0 aliphatic rings. The number of hydrogen-bond acceptors (Lipinski definition) is 3. The highest BCUT2D eigenvalue weighted by molar-refractivity contribution is 5.88. The fourth-order valence-corrected chi connectivity index (χ4v) is 2.30. The number of benzene rings is 2. The molecular formula is C16H21N3O2. The van der Waals surface area contributed by atoms with Gasteiger partial charge in [0.1, 0.15) is 6.61 Å². The smallest absolute Gasteiger partial charge is 0.233 e. The second-order valence-electron chi connectivity index (χ2n) is 4.83. The molecule has 5 heteroatoms. The minimum Gasteiger partial charge on any atom is -0.569 e. The molecule has 0 unspecified atom stereocenters. The van der Waals surface area contributed by atoms with Gasteiger partial charge in [-0.1, -0.05) is 36.4 Å². The third-order valence-electron chi connectivity index (χ3n) is 3.55. The Labute approximate surface area is 125 Å². The molecule has 0 saturated heterocycles. The number of hydrogen-bond donors (Lipinski definition) is 0. The molecular weight excluding hydrogens is 266 g/mol. The summed E-state index contributed by atoms with van der Waals surface area (Å²) in [6.07, 6.45) is 0. The first-order chi connectivity index (χ1) is 10.2. The van der Waals surface area contributed by atoms with E-state index in [9.17, 15) is 5.21 Å². The molecule has 0 aliphatic heterocycles. The van der Waals surface area contributed by atoms with Crippen LogP contribution < -0.4 is 0 Å². The molecule has 2 aromatic rings. The molecule has 112 valence electrons. The van der Waals surface area contributed by atoms with Crippen LogP contribution in [0.1, 0.15) is 25.0 Å². The van der Waals surface area contributed by atoms with Crippen LogP contribution in [0.4, 0.5) is 0 Å². The van der Waals surface area contributed by atoms with E-state index in [-0.39, 0.29) is 6.61 Å². The van der Waals surface area contributed by atoms with Crippen molar-refractivity contribution in [3.05, 3.63) is 52.7 Å². The predicted octanol–water partition coefficient (Wildman–Crippen LogP) is 3.80. The Bertz CT molecular complexity index is 636. The number of hydrazine groups is 1. The molecule has 0 saturated carbocycles. The van der Waals surface area contributed by atoms with E-state index in [4.69, 9.17) is 4.84 Å². The van der Waals surface area contributed by atoms with E-state index in [2.05, 4.69) is 30.4 Å². The zero-order chi connectivity index (χ0) is 15.2. The van der Waals surface area contributed by atoms with Crippen LogP contribution in [0.15, 0.2) is 41.7 Å². The van der Waals surface area contributed by atoms with Crippen LogP contribution in [-0.2, 0) is 11.4 Å². The Morgan fingerprint density at radius 3 is 2.43 bits per heavy atom. The van der Waals surface area contributed by atoms with E-state index in [1.165, 1.54) is 16.0 Å². The largest absolute Gasteiger partial charge is 0.569 e. The number of fused-ring (bicyclic) bond motifs is 1. The lowest BCUT2D eigenvalue weighted by Crippen LogP contribution is -2.30. The van der Waals surface area contributed by atoms with Crippen molar-refractivity contribution in [1.82, 2.24) is 5.01 Å². The summed E-state index contributed by atoms with van der Waals surface area (Å²) in [4.78, 5) is 5.72. The van der Waals surface area contributed by atoms with Gasteiger partial charge in [-0.3, -0.25) is 0 Å². The molecule has 2 aromatic carbocycles. The van der Waals surface area contributed by atoms with Gasteiger partial charge in [0.15, 0.2) is 0 Å². The first-order valence-electron chi connectivity index (χ1n) is 7.19. The molecule has 0 amide bonds. The topological polar surface area (TPSA) is 50.9 Å². The summed E-state index contributed by atoms with van der Waals surface area (Å²) in [6.45, 7) is 7.35. The monoisotopic (exact) mass is 287 g/mol. The molecule has 0 bridgehead atoms. The predicted molar refractivity (Wildman–Crippen MR) is 82.5 cm³/mol. The molecule has 0 spiro atoms. The van der Waals surface area contributed by atoms with Crippen molar-refractivity contribution in [2.75, 3.05) is 13.1 Å². The quantitative estimate of drug-likeness (QED) is 0.461. The first kappa shape index (κ1) is 15.1. The van der Waals surface area contributed by atoms with Crippen LogP contribution >= 0.6 is 0 Å². The molecule has 0 heterocycles. The van der Waals surface area contributed by atoms with Gasteiger partial charge in [0.2, 0.25) is 5.28 Å². The van der Waals surface area contributed by atoms with Crippen molar-refractivity contribution in [3.63, 3.8) is 0 Å². The maximum atomic E-state index is 11.7. The number of nitrogens with zero attached hydrogens (tertiary/aromatic N) is 3. The molecule has 0 atom stereocenters. The van der Waals surface area contributed by atoms with E-state index < -0.39 is 0 Å². The lowest BCUT2D eigenvalue weighted by atomic mass is 10.0. The van der Waals surface area contributed by atoms with Crippen LogP contribution in [0.5, 0.6) is 0 Å². The Hall–Kier alpha value is -2.30. The molecule has 0 aromatic heterocycles. The van der Waals surface area contributed by atoms with Crippen molar-refractivity contribution in [2.24, 2.45) is 5.28 Å². The van der Waals surface area contributed by atoms with Gasteiger partial charge in [-0.05, 0) is 37.1 Å². The average molecular weight is 287 g/mol. The second kappa shape index (κ2) is 6.92. The fourth-order valence-electron chi connectivity index (χ4n) is 2.30. The summed E-state index contributed by atoms with van der Waals surface area (Å²) in [5, 5.41) is 19.1. The molecule has 2 rings (SSSR count). The Morgan fingerprint density at radius 1 is 1.10 bits per heavy atom. The van der Waals surface area contributed by atoms with Gasteiger partial charge < -0.3 is 10.0 Å². The zero-order valence-corrected chi connectivity index (χ0v) is 12.7. The summed E-state index contributed by atoms with van der Waals surface area (Å²) in [5.41, 5.74) is 2.24. The zero-order valence-electron chi connectivity index (χ0n) is 12.7. The highest BCUT2D eigenvalue weighted by Gasteiger charge is 2.08. The van der Waals surface area contributed by atoms with Crippen LogP contribution in [0.2, 0.25) is 0 Å². The Kier molecular flexibility index (Phi) is 4.98. The minimum absolute atomic E-state index is 0.279. The van der Waals surface area contributed by atoms with E-state index in [1.807, 2.05) is 32.0 Å². The molecule has 5 nitrogen and oxygen atoms in total. The average Bonchev–Trinajstić information content (AvgIpc) is 2.51. The maximum Gasteiger partial charge on any atom is 0.233 e. The lowest BCUT2D eigenvalue weighted by Gasteiger charge is -2.13. The first-order valence-corrected chi connectivity index (χ1v) is 7.19. The second-order valence-corrected chi connectivity index (χ2v) is 4.83. The van der Waals surface area contributed by atoms with Gasteiger partial charge >= 0.3 is 0 Å². The van der Waals surface area contributed by atoms with Gasteiger partial charge in [0.25, 0.3) is 0 Å². The SMILES string of the molecule is CCN(CC)/[N+]([O-])=N/OCc1ccc(C)c2ccccc12. The third kappa shape index (κ3) is 3.42. The van der Waals surface area contributed by atoms with Crippen molar-refractivity contribution in [2.45, 2.75) is 27.4 Å². The Balaban J connectivity index is 2.14. The van der Waals surface area contributed by atoms with Crippen molar-refractivity contribution in [1.29, 1.82) is 0 Å². The van der Waals surface area contributed by atoms with E-state index in [0.717, 1.165) is 10.9 Å². The van der Waals surface area contributed by atoms with Gasteiger partial charge in [-0.2, -0.15) is 0 Å². The summed E-state index contributed by atoms with van der Waals surface area (Å²) in [5.74, 6) is 0. The number of aryl methyl sites for hydroxylation is 1. The molecule has 0 fully saturated rings. The molecule has 0 aliphatic carbocycles. The highest BCUT2D eigenvalue weighted by atomic mass is 16.7. The van der Waals surface area contributed by atoms with Crippen LogP contribution in [-0.4, -0.2) is 23.1 Å². The van der Waals surface area contributed by atoms with Gasteiger partial charge in [0.05, 0.1) is 18.1 Å². The van der Waals surface area contributed by atoms with E-state index in [1.54, 1.807) is 0 Å². The van der Waals surface area contributed by atoms with Crippen molar-refractivity contribution >= 4 is 10.8 Å². The van der Waals surface area contributed by atoms with Crippen LogP contribution in [0.3, 0.4) is 0 Å². The normalized spacial score (nSPS) is 11.7. The standard InChI is InChI=1S/C16H21N3O2/c1-4-18(5-2)19(20)17-21-12-14-11-10-13(3)15-8-6-7-9-16(14)15/h6-11H,4-5,12H2,1-3H3/b19-17-. The Morgan fingerprint density at radius 2 is 1.76 bits per heavy atom. The van der Waals surface area contributed by atoms with Crippen LogP contribution in [0, 0.1) is 12.1 Å². The van der Waals surface area contributed by atoms with Crippen LogP contribution in [0.25, 0.3) is 10.8 Å². The lowest BCUT2D eigenvalue weighted by molar-refractivity contribution is -0.710. The highest BCUT2D eigenvalue weighted by Crippen LogP contribution is 2.22. The fraction of sp³-hybridized carbons (Fsp3) is 0.375. The summed E-state index contributed by atoms with van der Waals surface area (Å²) < 4.78 is 0. The molecule has 0 radical (unpaired) electrons. The van der Waals surface area contributed by atoms with Crippen molar-refractivity contribution < 1.29 is 9.81 Å². The van der Waals surface area contributed by atoms with Gasteiger partial charge in [-0.15, -0.1) is 5.01 Å². The molecule has 0 N–H and O–H groups in total. The molecule has 21 heavy (non-hydrogen) atoms. The summed E-state index contributed by atoms with van der Waals surface area (Å²) in [6, 6.07) is 12.2. The van der Waals surface area contributed by atoms with Gasteiger partial charge in [-0.25, -0.2) is 0 Å². The third-order valence-corrected chi connectivity index (χ3v) is 3.55. The van der Waals surface area contributed by atoms with Crippen molar-refractivity contribution in [3.8, 4) is 0 Å².